The lowest BCUT2D eigenvalue weighted by Gasteiger charge is -2.11. The maximum atomic E-state index is 12.5. The minimum atomic E-state index is -4.33. The van der Waals surface area contributed by atoms with E-state index in [1.54, 1.807) is 6.07 Å². The van der Waals surface area contributed by atoms with Gasteiger partial charge in [-0.3, -0.25) is 0 Å². The van der Waals surface area contributed by atoms with Gasteiger partial charge in [-0.1, -0.05) is 0 Å². The lowest BCUT2D eigenvalue weighted by atomic mass is 10.2. The summed E-state index contributed by atoms with van der Waals surface area (Å²) >= 11 is 0. The van der Waals surface area contributed by atoms with Crippen LogP contribution in [0.4, 0.5) is 30.5 Å². The van der Waals surface area contributed by atoms with Crippen LogP contribution in [-0.2, 0) is 6.18 Å². The van der Waals surface area contributed by atoms with E-state index in [4.69, 9.17) is 0 Å². The number of hydrogen-bond acceptors (Lipinski definition) is 4. The van der Waals surface area contributed by atoms with Gasteiger partial charge in [0.2, 0.25) is 0 Å². The van der Waals surface area contributed by atoms with E-state index >= 15 is 0 Å². The number of anilines is 3. The number of hydrogen-bond donors (Lipinski definition) is 2. The molecule has 2 rings (SSSR count). The van der Waals surface area contributed by atoms with Crippen molar-refractivity contribution in [3.05, 3.63) is 42.2 Å². The predicted octanol–water partition coefficient (Wildman–Crippen LogP) is 4.06. The van der Waals surface area contributed by atoms with Crippen molar-refractivity contribution < 1.29 is 13.2 Å². The maximum absolute atomic E-state index is 12.5. The summed E-state index contributed by atoms with van der Waals surface area (Å²) in [6.07, 6.45) is -2.95. The van der Waals surface area contributed by atoms with E-state index in [0.29, 0.717) is 17.3 Å². The number of aromatic nitrogens is 2. The van der Waals surface area contributed by atoms with Crippen molar-refractivity contribution in [2.24, 2.45) is 0 Å². The van der Waals surface area contributed by atoms with Gasteiger partial charge in [-0.05, 0) is 38.1 Å². The summed E-state index contributed by atoms with van der Waals surface area (Å²) in [5.41, 5.74) is -0.157. The van der Waals surface area contributed by atoms with Crippen molar-refractivity contribution in [2.75, 3.05) is 10.6 Å². The Balaban J connectivity index is 2.11. The van der Waals surface area contributed by atoms with Crippen LogP contribution in [0.25, 0.3) is 0 Å². The van der Waals surface area contributed by atoms with E-state index in [2.05, 4.69) is 20.6 Å². The van der Waals surface area contributed by atoms with Gasteiger partial charge in [0, 0.05) is 17.8 Å². The Kier molecular flexibility index (Phi) is 4.30. The smallest absolute Gasteiger partial charge is 0.368 e. The van der Waals surface area contributed by atoms with Gasteiger partial charge in [0.25, 0.3) is 0 Å². The Morgan fingerprint density at radius 1 is 1.00 bits per heavy atom. The molecule has 4 nitrogen and oxygen atoms in total. The van der Waals surface area contributed by atoms with Crippen LogP contribution in [0, 0.1) is 0 Å². The molecule has 0 atom stereocenters. The van der Waals surface area contributed by atoms with Gasteiger partial charge in [0.15, 0.2) is 0 Å². The predicted molar refractivity (Wildman–Crippen MR) is 75.5 cm³/mol. The monoisotopic (exact) mass is 296 g/mol. The minimum absolute atomic E-state index is 0.221. The van der Waals surface area contributed by atoms with E-state index in [1.807, 2.05) is 13.8 Å². The number of halogens is 3. The molecule has 0 spiro atoms. The van der Waals surface area contributed by atoms with Crippen molar-refractivity contribution >= 4 is 17.3 Å². The molecule has 0 amide bonds. The van der Waals surface area contributed by atoms with Crippen LogP contribution in [0.1, 0.15) is 19.4 Å². The van der Waals surface area contributed by atoms with Crippen LogP contribution in [0.15, 0.2) is 36.7 Å². The molecule has 0 aliphatic heterocycles. The first kappa shape index (κ1) is 15.1. The number of nitrogens with one attached hydrogen (secondary N) is 2. The molecule has 112 valence electrons. The van der Waals surface area contributed by atoms with E-state index in [0.717, 1.165) is 12.1 Å². The van der Waals surface area contributed by atoms with Gasteiger partial charge >= 0.3 is 6.18 Å². The summed E-state index contributed by atoms with van der Waals surface area (Å²) in [5.74, 6) is 1.15. The summed E-state index contributed by atoms with van der Waals surface area (Å²) in [6.45, 7) is 3.95. The normalized spacial score (nSPS) is 11.5. The molecule has 2 aromatic rings. The van der Waals surface area contributed by atoms with Crippen molar-refractivity contribution in [2.45, 2.75) is 26.1 Å². The maximum Gasteiger partial charge on any atom is 0.416 e. The molecule has 0 unspecified atom stereocenters. The fourth-order valence-corrected chi connectivity index (χ4v) is 1.69. The second-order valence-electron chi connectivity index (χ2n) is 4.79. The molecule has 0 bridgehead atoms. The molecule has 0 saturated heterocycles. The zero-order valence-corrected chi connectivity index (χ0v) is 11.6. The molecular formula is C14H15F3N4. The number of rotatable bonds is 4. The van der Waals surface area contributed by atoms with Crippen LogP contribution < -0.4 is 10.6 Å². The van der Waals surface area contributed by atoms with Crippen LogP contribution >= 0.6 is 0 Å². The first-order valence-corrected chi connectivity index (χ1v) is 6.37. The average Bonchev–Trinajstić information content (AvgIpc) is 2.38. The Bertz CT molecular complexity index is 594. The molecule has 0 radical (unpaired) electrons. The van der Waals surface area contributed by atoms with E-state index < -0.39 is 11.7 Å². The molecule has 1 aromatic heterocycles. The molecule has 1 aromatic carbocycles. The average molecular weight is 296 g/mol. The summed E-state index contributed by atoms with van der Waals surface area (Å²) in [5, 5.41) is 6.06. The van der Waals surface area contributed by atoms with Crippen molar-refractivity contribution in [3.8, 4) is 0 Å². The molecule has 0 fully saturated rings. The third-order valence-corrected chi connectivity index (χ3v) is 2.59. The summed E-state index contributed by atoms with van der Waals surface area (Å²) in [7, 11) is 0. The van der Waals surface area contributed by atoms with Gasteiger partial charge in [0.1, 0.15) is 18.0 Å². The molecule has 21 heavy (non-hydrogen) atoms. The van der Waals surface area contributed by atoms with Crippen LogP contribution in [0.3, 0.4) is 0 Å². The van der Waals surface area contributed by atoms with Gasteiger partial charge in [0.05, 0.1) is 5.56 Å². The van der Waals surface area contributed by atoms with Gasteiger partial charge in [-0.15, -0.1) is 0 Å². The van der Waals surface area contributed by atoms with Crippen LogP contribution in [0.5, 0.6) is 0 Å². The van der Waals surface area contributed by atoms with Crippen LogP contribution in [-0.4, -0.2) is 16.0 Å². The molecule has 0 aliphatic carbocycles. The highest BCUT2D eigenvalue weighted by Gasteiger charge is 2.29. The third kappa shape index (κ3) is 4.34. The van der Waals surface area contributed by atoms with E-state index in [9.17, 15) is 13.2 Å². The van der Waals surface area contributed by atoms with E-state index in [-0.39, 0.29) is 6.04 Å². The number of nitrogens with zero attached hydrogens (tertiary/aromatic N) is 2. The molecule has 0 saturated carbocycles. The highest BCUT2D eigenvalue weighted by molar-refractivity contribution is 5.59. The second-order valence-corrected chi connectivity index (χ2v) is 4.79. The quantitative estimate of drug-likeness (QED) is 0.893. The van der Waals surface area contributed by atoms with Crippen molar-refractivity contribution in [1.29, 1.82) is 0 Å². The Morgan fingerprint density at radius 2 is 1.62 bits per heavy atom. The molecular weight excluding hydrogens is 281 g/mol. The largest absolute Gasteiger partial charge is 0.416 e. The first-order valence-electron chi connectivity index (χ1n) is 6.37. The zero-order chi connectivity index (χ0) is 15.5. The Hall–Kier alpha value is -2.31. The van der Waals surface area contributed by atoms with Gasteiger partial charge in [-0.2, -0.15) is 13.2 Å². The highest BCUT2D eigenvalue weighted by atomic mass is 19.4. The van der Waals surface area contributed by atoms with Crippen LogP contribution in [0.2, 0.25) is 0 Å². The minimum Gasteiger partial charge on any atom is -0.368 e. The lowest BCUT2D eigenvalue weighted by molar-refractivity contribution is -0.137. The first-order chi connectivity index (χ1) is 9.84. The molecule has 0 aliphatic rings. The number of alkyl halides is 3. The molecule has 1 heterocycles. The fraction of sp³-hybridized carbons (Fsp3) is 0.286. The second kappa shape index (κ2) is 5.99. The van der Waals surface area contributed by atoms with Crippen molar-refractivity contribution in [1.82, 2.24) is 9.97 Å². The zero-order valence-electron chi connectivity index (χ0n) is 11.6. The van der Waals surface area contributed by atoms with Gasteiger partial charge < -0.3 is 10.6 Å². The van der Waals surface area contributed by atoms with Crippen molar-refractivity contribution in [3.63, 3.8) is 0 Å². The molecule has 2 N–H and O–H groups in total. The van der Waals surface area contributed by atoms with E-state index in [1.165, 1.54) is 18.5 Å². The van der Waals surface area contributed by atoms with Gasteiger partial charge in [-0.25, -0.2) is 9.97 Å². The molecule has 7 heteroatoms. The summed E-state index contributed by atoms with van der Waals surface area (Å²) < 4.78 is 37.4. The summed E-state index contributed by atoms with van der Waals surface area (Å²) in [6, 6.07) is 6.69. The SMILES string of the molecule is CC(C)Nc1cc(Nc2ccc(C(F)(F)F)cc2)ncn1. The standard InChI is InChI=1S/C14H15F3N4/c1-9(2)20-12-7-13(19-8-18-12)21-11-5-3-10(4-6-11)14(15,16)17/h3-9H,1-2H3,(H2,18,19,20,21). The summed E-state index contributed by atoms with van der Waals surface area (Å²) in [4.78, 5) is 8.09. The Labute approximate surface area is 120 Å². The lowest BCUT2D eigenvalue weighted by Crippen LogP contribution is -2.11. The number of benzene rings is 1. The highest BCUT2D eigenvalue weighted by Crippen LogP contribution is 2.30. The third-order valence-electron chi connectivity index (χ3n) is 2.59. The fourth-order valence-electron chi connectivity index (χ4n) is 1.69. The Morgan fingerprint density at radius 3 is 2.19 bits per heavy atom. The topological polar surface area (TPSA) is 49.8 Å².